The van der Waals surface area contributed by atoms with Crippen LogP contribution in [0.2, 0.25) is 0 Å². The molecule has 4 unspecified atom stereocenters. The Bertz CT molecular complexity index is 2670. The molecule has 28 nitrogen and oxygen atoms in total. The molecule has 558 valence electrons. The second kappa shape index (κ2) is 42.3. The van der Waals surface area contributed by atoms with Gasteiger partial charge in [-0.15, -0.1) is 0 Å². The molecule has 4 saturated heterocycles. The number of rotatable bonds is 37. The van der Waals surface area contributed by atoms with Gasteiger partial charge in [-0.3, -0.25) is 24.0 Å². The minimum atomic E-state index is -1.84. The van der Waals surface area contributed by atoms with Crippen molar-refractivity contribution in [1.29, 1.82) is 0 Å². The summed E-state index contributed by atoms with van der Waals surface area (Å²) in [6, 6.07) is 4.90. The maximum Gasteiger partial charge on any atom is 0.315 e. The molecule has 0 aromatic heterocycles. The fraction of sp³-hybridized carbons (Fsp3) is 0.821. The first kappa shape index (κ1) is 84.4. The van der Waals surface area contributed by atoms with Crippen molar-refractivity contribution >= 4 is 74.7 Å². The highest BCUT2D eigenvalue weighted by Crippen LogP contribution is 2.39. The lowest BCUT2D eigenvalue weighted by Crippen LogP contribution is -2.60. The first-order chi connectivity index (χ1) is 46.5. The summed E-state index contributed by atoms with van der Waals surface area (Å²) in [6.07, 6.45) is -4.05. The highest BCUT2D eigenvalue weighted by atomic mass is 33.1. The molecule has 0 aliphatic carbocycles. The van der Waals surface area contributed by atoms with E-state index in [2.05, 4.69) is 41.9 Å². The summed E-state index contributed by atoms with van der Waals surface area (Å²) < 4.78 is 37.8. The maximum absolute atomic E-state index is 14.5. The Kier molecular flexibility index (Phi) is 36.5. The van der Waals surface area contributed by atoms with Crippen LogP contribution in [0.5, 0.6) is 0 Å². The van der Waals surface area contributed by atoms with Crippen LogP contribution < -0.4 is 31.9 Å². The van der Waals surface area contributed by atoms with E-state index in [9.17, 15) is 54.3 Å². The third-order valence-electron chi connectivity index (χ3n) is 18.9. The highest BCUT2D eigenvalue weighted by molar-refractivity contribution is 8.76. The number of hydrogen-bond acceptors (Lipinski definition) is 23. The van der Waals surface area contributed by atoms with E-state index in [4.69, 9.17) is 34.0 Å². The predicted molar refractivity (Wildman–Crippen MR) is 378 cm³/mol. The van der Waals surface area contributed by atoms with Crippen molar-refractivity contribution in [2.45, 2.75) is 248 Å². The van der Waals surface area contributed by atoms with Crippen LogP contribution in [0.25, 0.3) is 10.4 Å². The second-order valence-electron chi connectivity index (χ2n) is 27.5. The topological polar surface area (TPSA) is 386 Å². The molecular weight excluding hydrogens is 1330 g/mol. The van der Waals surface area contributed by atoms with Crippen molar-refractivity contribution in [3.05, 3.63) is 40.3 Å². The number of hydrogen-bond donors (Lipinski definition) is 11. The fourth-order valence-electron chi connectivity index (χ4n) is 13.2. The van der Waals surface area contributed by atoms with Crippen LogP contribution in [0.1, 0.15) is 156 Å². The fourth-order valence-corrected chi connectivity index (χ4v) is 16.7. The lowest BCUT2D eigenvalue weighted by Gasteiger charge is -2.47. The molecule has 0 saturated carbocycles. The number of amides is 6. The lowest BCUT2D eigenvalue weighted by atomic mass is 9.77. The molecule has 4 aliphatic rings. The molecule has 1 aromatic rings. The molecule has 5 rings (SSSR count). The average molecular weight is 1440 g/mol. The molecule has 4 aliphatic heterocycles. The normalized spacial score (nSPS) is 30.8. The summed E-state index contributed by atoms with van der Waals surface area (Å²) in [5.41, 5.74) is 5.91. The number of unbranched alkanes of at least 4 members (excludes halogenated alkanes) is 2. The number of aliphatic hydroxyl groups is 5. The molecule has 4 heterocycles. The molecule has 0 radical (unpaired) electrons. The van der Waals surface area contributed by atoms with Gasteiger partial charge in [-0.25, -0.2) is 4.79 Å². The zero-order valence-electron chi connectivity index (χ0n) is 59.6. The lowest BCUT2D eigenvalue weighted by molar-refractivity contribution is -0.306. The Labute approximate surface area is 591 Å². The Morgan fingerprint density at radius 1 is 0.929 bits per heavy atom. The number of β-amino-alcohol motifs (C(OH)–C–C–N with tert-alkyl or cyclic N) is 1. The average Bonchev–Trinajstić information content (AvgIpc) is 0.994. The number of methoxy groups -OCH3 is 1. The number of benzene rings is 1. The van der Waals surface area contributed by atoms with Crippen molar-refractivity contribution in [1.82, 2.24) is 41.7 Å². The molecule has 11 N–H and O–H groups in total. The number of thioether (sulfide) groups is 1. The van der Waals surface area contributed by atoms with Gasteiger partial charge in [-0.05, 0) is 144 Å². The van der Waals surface area contributed by atoms with Gasteiger partial charge < -0.3 is 95.7 Å². The number of fused-ring (bicyclic) bond motifs is 1. The minimum absolute atomic E-state index is 0.0365. The standard InChI is InChI=1S/C67H115N11O17S3/c1-13-53-67(9,89)52(80)38-77(10)37-40(2)36-66(8,88)60(42(4)59(43(5)63(86)93-53)94-56(26-32-90-12)92-45(7)44(6)79)95-64-58(83)50(35-41(3)91-64)78(11)31-18-29-70-55(82)27-33-97-98-34-30-71-62(85)48(72-61(84)46-22-24-47(25-23-46)75-76-68)19-16-17-28-69-54(81)21-15-14-20-51-57-49(39-96-51)73-65(87)74-57/h22-25,40-45,48-53,56-60,64,79-80,83,88-89H,13-21,26-39H2,1-12H3,(H,69,81)(H,70,82)(H,71,85)(H,72,84)(H2,73,74,87)/t40-,41-,42+,43-,44-,45+,48?,49?,50+,51?,52-,53-,56+,57?,58-,59+,60-,64+,66-,67+/m1/s1. The molecule has 98 heavy (non-hydrogen) atoms. The molecule has 20 atom stereocenters. The third-order valence-corrected chi connectivity index (χ3v) is 22.8. The van der Waals surface area contributed by atoms with Crippen LogP contribution in [0.3, 0.4) is 0 Å². The Morgan fingerprint density at radius 2 is 1.62 bits per heavy atom. The number of cyclic esters (lactones) is 1. The van der Waals surface area contributed by atoms with E-state index in [0.29, 0.717) is 93.7 Å². The number of carbonyl (C=O) groups excluding carboxylic acids is 6. The largest absolute Gasteiger partial charge is 0.459 e. The Hall–Kier alpha value is -4.28. The number of urea groups is 1. The van der Waals surface area contributed by atoms with E-state index in [1.54, 1.807) is 48.6 Å². The van der Waals surface area contributed by atoms with E-state index in [1.165, 1.54) is 59.9 Å². The van der Waals surface area contributed by atoms with Crippen molar-refractivity contribution < 1.29 is 82.7 Å². The summed E-state index contributed by atoms with van der Waals surface area (Å²) in [5.74, 6) is -1.98. The highest BCUT2D eigenvalue weighted by Gasteiger charge is 2.51. The summed E-state index contributed by atoms with van der Waals surface area (Å²) in [4.78, 5) is 85.3. The maximum atomic E-state index is 14.5. The van der Waals surface area contributed by atoms with E-state index >= 15 is 0 Å². The first-order valence-electron chi connectivity index (χ1n) is 34.9. The molecule has 6 amide bonds. The molecule has 1 aromatic carbocycles. The molecule has 4 fully saturated rings. The van der Waals surface area contributed by atoms with Gasteiger partial charge in [0.25, 0.3) is 5.91 Å². The quantitative estimate of drug-likeness (QED) is 0.00590. The van der Waals surface area contributed by atoms with Crippen LogP contribution in [0.15, 0.2) is 29.4 Å². The van der Waals surface area contributed by atoms with E-state index in [-0.39, 0.29) is 86.2 Å². The van der Waals surface area contributed by atoms with Gasteiger partial charge in [0.15, 0.2) is 12.6 Å². The molecular formula is C67H115N11O17S3. The van der Waals surface area contributed by atoms with Gasteiger partial charge in [0.2, 0.25) is 17.7 Å². The summed E-state index contributed by atoms with van der Waals surface area (Å²) in [6.45, 7) is 17.6. The smallest absolute Gasteiger partial charge is 0.315 e. The van der Waals surface area contributed by atoms with Crippen LogP contribution in [0, 0.1) is 17.8 Å². The summed E-state index contributed by atoms with van der Waals surface area (Å²) in [5, 5.41) is 80.3. The number of aliphatic hydroxyl groups excluding tert-OH is 3. The summed E-state index contributed by atoms with van der Waals surface area (Å²) >= 11 is 1.85. The minimum Gasteiger partial charge on any atom is -0.459 e. The Balaban J connectivity index is 1.11. The second-order valence-corrected chi connectivity index (χ2v) is 31.5. The van der Waals surface area contributed by atoms with Gasteiger partial charge >= 0.3 is 12.0 Å². The SMILES string of the molecule is CC[C@H]1OC(=O)[C@H](C)[C@@H](O[C@@H](CCOC)O[C@@H](C)[C@@H](C)O)[C@H](C)[C@@H](O[C@@H]2O[C@H](C)C[C@H](N(C)CCCNC(=O)CCSSCCNC(=O)C(CCCCNC(=O)CCCCC3SCC4NC(=O)NC43)NC(=O)c3ccc(N=[N+]=[N-])cc3)[C@H]2O)[C@](C)(O)C[C@@H](C)CN(C)C[C@@H](O)[C@]1(C)O. The van der Waals surface area contributed by atoms with Crippen LogP contribution in [0.4, 0.5) is 10.5 Å². The van der Waals surface area contributed by atoms with Crippen molar-refractivity contribution in [2.75, 3.05) is 84.3 Å². The molecule has 0 spiro atoms. The van der Waals surface area contributed by atoms with Crippen LogP contribution in [-0.4, -0.2) is 257 Å². The van der Waals surface area contributed by atoms with Crippen molar-refractivity contribution in [3.8, 4) is 0 Å². The van der Waals surface area contributed by atoms with E-state index in [0.717, 1.165) is 25.0 Å². The monoisotopic (exact) mass is 1440 g/mol. The van der Waals surface area contributed by atoms with Gasteiger partial charge in [-0.1, -0.05) is 66.0 Å². The van der Waals surface area contributed by atoms with Gasteiger partial charge in [0.1, 0.15) is 23.9 Å². The van der Waals surface area contributed by atoms with Gasteiger partial charge in [0, 0.05) is 110 Å². The number of likely N-dealkylation sites (N-methyl/N-ethyl adjacent to an activating group) is 2. The number of nitrogens with zero attached hydrogens (tertiary/aromatic N) is 5. The number of carbonyl (C=O) groups is 6. The third kappa shape index (κ3) is 27.2. The zero-order valence-corrected chi connectivity index (χ0v) is 62.0. The van der Waals surface area contributed by atoms with Crippen molar-refractivity contribution in [2.24, 2.45) is 22.9 Å². The van der Waals surface area contributed by atoms with Crippen LogP contribution in [-0.2, 0) is 47.6 Å². The van der Waals surface area contributed by atoms with E-state index in [1.807, 2.05) is 42.5 Å². The van der Waals surface area contributed by atoms with Crippen molar-refractivity contribution in [3.63, 3.8) is 0 Å². The summed E-state index contributed by atoms with van der Waals surface area (Å²) in [7, 11) is 8.21. The zero-order chi connectivity index (χ0) is 72.3. The number of azide groups is 1. The molecule has 31 heteroatoms. The number of esters is 1. The van der Waals surface area contributed by atoms with Gasteiger partial charge in [0.05, 0.1) is 66.8 Å². The number of ether oxygens (including phenoxy) is 6. The van der Waals surface area contributed by atoms with E-state index < -0.39 is 108 Å². The number of nitrogens with one attached hydrogen (secondary N) is 6. The predicted octanol–water partition coefficient (Wildman–Crippen LogP) is 5.28. The first-order valence-corrected chi connectivity index (χ1v) is 38.4. The van der Waals surface area contributed by atoms with Crippen LogP contribution >= 0.6 is 33.3 Å². The van der Waals surface area contributed by atoms with Gasteiger partial charge in [-0.2, -0.15) is 11.8 Å². The molecule has 0 bridgehead atoms. The Morgan fingerprint density at radius 3 is 2.31 bits per heavy atom.